The number of alkyl halides is 3. The van der Waals surface area contributed by atoms with Gasteiger partial charge in [-0.25, -0.2) is 9.83 Å². The van der Waals surface area contributed by atoms with Crippen LogP contribution < -0.4 is 10.6 Å². The first kappa shape index (κ1) is 26.3. The Morgan fingerprint density at radius 3 is 2.69 bits per heavy atom. The van der Waals surface area contributed by atoms with Gasteiger partial charge in [-0.2, -0.15) is 18.4 Å². The molecule has 11 heteroatoms. The molecule has 0 bridgehead atoms. The van der Waals surface area contributed by atoms with E-state index in [0.29, 0.717) is 30.9 Å². The fourth-order valence-corrected chi connectivity index (χ4v) is 5.06. The van der Waals surface area contributed by atoms with Gasteiger partial charge in [-0.05, 0) is 43.6 Å². The number of anilines is 1. The molecule has 1 atom stereocenters. The first-order valence-electron chi connectivity index (χ1n) is 11.0. The number of primary amides is 1. The monoisotopic (exact) mass is 502 g/mol. The number of aromatic nitrogens is 1. The molecule has 1 aliphatic heterocycles. The van der Waals surface area contributed by atoms with Crippen molar-refractivity contribution in [3.63, 3.8) is 0 Å². The zero-order valence-electron chi connectivity index (χ0n) is 19.4. The highest BCUT2D eigenvalue weighted by molar-refractivity contribution is 8.00. The van der Waals surface area contributed by atoms with Crippen molar-refractivity contribution in [3.05, 3.63) is 57.9 Å². The maximum atomic E-state index is 13.3. The number of amides is 1. The maximum Gasteiger partial charge on any atom is 0.416 e. The molecule has 1 unspecified atom stereocenters. The van der Waals surface area contributed by atoms with Crippen molar-refractivity contribution in [2.45, 2.75) is 36.2 Å². The Kier molecular flexibility index (Phi) is 8.26. The van der Waals surface area contributed by atoms with Crippen LogP contribution in [0.2, 0.25) is 0 Å². The summed E-state index contributed by atoms with van der Waals surface area (Å²) in [6.45, 7) is 12.5. The Bertz CT molecular complexity index is 1190. The van der Waals surface area contributed by atoms with Gasteiger partial charge < -0.3 is 15.5 Å². The number of rotatable bonds is 6. The summed E-state index contributed by atoms with van der Waals surface area (Å²) >= 11 is 0.838. The predicted molar refractivity (Wildman–Crippen MR) is 128 cm³/mol. The van der Waals surface area contributed by atoms with E-state index in [2.05, 4.69) is 20.8 Å². The summed E-state index contributed by atoms with van der Waals surface area (Å²) in [5, 5.41) is 8.88. The summed E-state index contributed by atoms with van der Waals surface area (Å²) in [5.74, 6) is -0.439. The Labute approximate surface area is 206 Å². The lowest BCUT2D eigenvalue weighted by Gasteiger charge is -2.26. The van der Waals surface area contributed by atoms with E-state index >= 15 is 0 Å². The highest BCUT2D eigenvalue weighted by Crippen LogP contribution is 2.43. The van der Waals surface area contributed by atoms with E-state index in [4.69, 9.17) is 12.3 Å². The van der Waals surface area contributed by atoms with Crippen LogP contribution in [0.1, 0.15) is 40.8 Å². The first-order valence-corrected chi connectivity index (χ1v) is 11.9. The molecule has 2 N–H and O–H groups in total. The molecule has 0 radical (unpaired) electrons. The molecular weight excluding hydrogens is 477 g/mol. The standard InChI is InChI=1S/C24H25F3N6OS/c1-4-17-18(14-28)23(31-22(19(17)30-2)33-10-6-9-32(3)11-12-33)35-20(21(29)34)15-7-5-8-16(13-15)24(25,26)27/h5,7-8,13,20H,4,6,9-12H2,1,3H3,(H2,29,34). The number of hydrogen-bond donors (Lipinski definition) is 1. The van der Waals surface area contributed by atoms with Crippen LogP contribution >= 0.6 is 11.8 Å². The number of nitriles is 1. The number of hydrogen-bond acceptors (Lipinski definition) is 6. The molecule has 1 fully saturated rings. The number of likely N-dealkylation sites (N-methyl/N-ethyl adjacent to an activating group) is 1. The van der Waals surface area contributed by atoms with Crippen LogP contribution in [0.5, 0.6) is 0 Å². The fraction of sp³-hybridized carbons (Fsp3) is 0.417. The molecule has 0 saturated carbocycles. The van der Waals surface area contributed by atoms with E-state index in [0.717, 1.165) is 43.4 Å². The molecule has 3 rings (SSSR count). The van der Waals surface area contributed by atoms with Crippen LogP contribution in [-0.2, 0) is 17.4 Å². The van der Waals surface area contributed by atoms with E-state index in [-0.39, 0.29) is 21.8 Å². The van der Waals surface area contributed by atoms with Gasteiger partial charge in [0.1, 0.15) is 22.2 Å². The van der Waals surface area contributed by atoms with Gasteiger partial charge in [0, 0.05) is 19.6 Å². The summed E-state index contributed by atoms with van der Waals surface area (Å²) in [6.07, 6.45) is -3.35. The molecule has 2 heterocycles. The number of nitrogens with two attached hydrogens (primary N) is 1. The van der Waals surface area contributed by atoms with Crippen LogP contribution in [0.4, 0.5) is 24.7 Å². The minimum Gasteiger partial charge on any atom is -0.368 e. The Balaban J connectivity index is 2.13. The number of carbonyl (C=O) groups excluding carboxylic acids is 1. The molecule has 0 aliphatic carbocycles. The lowest BCUT2D eigenvalue weighted by molar-refractivity contribution is -0.137. The van der Waals surface area contributed by atoms with Crippen molar-refractivity contribution in [2.24, 2.45) is 5.73 Å². The SMILES string of the molecule is [C-]#[N+]c1c(N2CCCN(C)CC2)nc(SC(C(N)=O)c2cccc(C(F)(F)F)c2)c(C#N)c1CC. The number of nitrogens with zero attached hydrogens (tertiary/aromatic N) is 5. The highest BCUT2D eigenvalue weighted by atomic mass is 32.2. The molecule has 1 aliphatic rings. The van der Waals surface area contributed by atoms with Gasteiger partial charge in [-0.15, -0.1) is 0 Å². The fourth-order valence-electron chi connectivity index (χ4n) is 4.01. The van der Waals surface area contributed by atoms with E-state index in [1.54, 1.807) is 0 Å². The average molecular weight is 503 g/mol. The third-order valence-corrected chi connectivity index (χ3v) is 7.08. The topological polar surface area (TPSA) is 90.6 Å². The molecule has 1 aromatic heterocycles. The Morgan fingerprint density at radius 1 is 1.34 bits per heavy atom. The van der Waals surface area contributed by atoms with Crippen LogP contribution in [0.15, 0.2) is 29.3 Å². The van der Waals surface area contributed by atoms with E-state index in [9.17, 15) is 23.2 Å². The minimum absolute atomic E-state index is 0.0632. The number of benzene rings is 1. The van der Waals surface area contributed by atoms with Crippen LogP contribution in [0.3, 0.4) is 0 Å². The number of carbonyl (C=O) groups is 1. The maximum absolute atomic E-state index is 13.3. The normalized spacial score (nSPS) is 15.7. The van der Waals surface area contributed by atoms with Gasteiger partial charge in [0.15, 0.2) is 0 Å². The molecule has 184 valence electrons. The summed E-state index contributed by atoms with van der Waals surface area (Å²) in [7, 11) is 2.01. The summed E-state index contributed by atoms with van der Waals surface area (Å²) < 4.78 is 39.8. The number of pyridine rings is 1. The van der Waals surface area contributed by atoms with Crippen LogP contribution in [0, 0.1) is 17.9 Å². The predicted octanol–water partition coefficient (Wildman–Crippen LogP) is 4.55. The van der Waals surface area contributed by atoms with Crippen LogP contribution in [0.25, 0.3) is 4.85 Å². The van der Waals surface area contributed by atoms with Crippen LogP contribution in [-0.4, -0.2) is 49.0 Å². The summed E-state index contributed by atoms with van der Waals surface area (Å²) in [5.41, 5.74) is 5.68. The van der Waals surface area contributed by atoms with Gasteiger partial charge in [0.25, 0.3) is 0 Å². The third kappa shape index (κ3) is 5.87. The van der Waals surface area contributed by atoms with Crippen molar-refractivity contribution >= 4 is 29.2 Å². The second kappa shape index (κ2) is 11.0. The van der Waals surface area contributed by atoms with Gasteiger partial charge in [0.2, 0.25) is 11.6 Å². The lowest BCUT2D eigenvalue weighted by atomic mass is 10.1. The van der Waals surface area contributed by atoms with Crippen molar-refractivity contribution in [1.82, 2.24) is 9.88 Å². The van der Waals surface area contributed by atoms with Crippen molar-refractivity contribution < 1.29 is 18.0 Å². The third-order valence-electron chi connectivity index (χ3n) is 5.82. The molecule has 0 spiro atoms. The zero-order valence-corrected chi connectivity index (χ0v) is 20.2. The molecular formula is C24H25F3N6OS. The summed E-state index contributed by atoms with van der Waals surface area (Å²) in [6, 6.07) is 6.49. The van der Waals surface area contributed by atoms with E-state index in [1.165, 1.54) is 12.1 Å². The van der Waals surface area contributed by atoms with E-state index in [1.807, 2.05) is 18.9 Å². The first-order chi connectivity index (χ1) is 16.6. The smallest absolute Gasteiger partial charge is 0.368 e. The largest absolute Gasteiger partial charge is 0.416 e. The molecule has 7 nitrogen and oxygen atoms in total. The number of thioether (sulfide) groups is 1. The minimum atomic E-state index is -4.58. The quantitative estimate of drug-likeness (QED) is 0.461. The average Bonchev–Trinajstić information content (AvgIpc) is 3.04. The van der Waals surface area contributed by atoms with Gasteiger partial charge in [-0.1, -0.05) is 36.9 Å². The molecule has 1 saturated heterocycles. The Hall–Kier alpha value is -3.28. The van der Waals surface area contributed by atoms with Gasteiger partial charge in [-0.3, -0.25) is 4.79 Å². The van der Waals surface area contributed by atoms with Crippen molar-refractivity contribution in [2.75, 3.05) is 38.1 Å². The van der Waals surface area contributed by atoms with Crippen molar-refractivity contribution in [1.29, 1.82) is 5.26 Å². The molecule has 35 heavy (non-hydrogen) atoms. The molecule has 1 aromatic carbocycles. The number of halogens is 3. The zero-order chi connectivity index (χ0) is 25.8. The lowest BCUT2D eigenvalue weighted by Crippen LogP contribution is -2.30. The molecule has 2 aromatic rings. The second-order valence-corrected chi connectivity index (χ2v) is 9.28. The van der Waals surface area contributed by atoms with Crippen molar-refractivity contribution in [3.8, 4) is 6.07 Å². The highest BCUT2D eigenvalue weighted by Gasteiger charge is 2.33. The Morgan fingerprint density at radius 2 is 2.09 bits per heavy atom. The van der Waals surface area contributed by atoms with E-state index < -0.39 is 22.9 Å². The van der Waals surface area contributed by atoms with Gasteiger partial charge in [0.05, 0.1) is 17.7 Å². The molecule has 1 amide bonds. The second-order valence-electron chi connectivity index (χ2n) is 8.19. The summed E-state index contributed by atoms with van der Waals surface area (Å²) in [4.78, 5) is 24.8. The van der Waals surface area contributed by atoms with Gasteiger partial charge >= 0.3 is 6.18 Å².